The van der Waals surface area contributed by atoms with Crippen LogP contribution in [0.5, 0.6) is 0 Å². The number of nitrogens with one attached hydrogen (secondary N) is 1. The molecule has 2 aliphatic rings. The number of nitrogens with zero attached hydrogens (tertiary/aromatic N) is 1. The fourth-order valence-electron chi connectivity index (χ4n) is 3.39. The summed E-state index contributed by atoms with van der Waals surface area (Å²) in [6.45, 7) is 1.23. The Morgan fingerprint density at radius 1 is 1.05 bits per heavy atom. The third-order valence-corrected chi connectivity index (χ3v) is 4.60. The number of rotatable bonds is 4. The fourth-order valence-corrected chi connectivity index (χ4v) is 3.39. The molecule has 1 saturated heterocycles. The molecule has 2 amide bonds. The molecule has 1 heterocycles. The Morgan fingerprint density at radius 2 is 1.75 bits per heavy atom. The normalized spacial score (nSPS) is 24.4. The summed E-state index contributed by atoms with van der Waals surface area (Å²) in [7, 11) is 0. The lowest BCUT2D eigenvalue weighted by atomic mass is 9.87. The van der Waals surface area contributed by atoms with Crippen LogP contribution in [0, 0.1) is 5.92 Å². The van der Waals surface area contributed by atoms with Gasteiger partial charge in [-0.05, 0) is 31.6 Å². The van der Waals surface area contributed by atoms with Crippen LogP contribution < -0.4 is 5.32 Å². The maximum atomic E-state index is 12.1. The predicted octanol–water partition coefficient (Wildman–Crippen LogP) is 2.61. The summed E-state index contributed by atoms with van der Waals surface area (Å²) < 4.78 is 0. The molecule has 1 unspecified atom stereocenters. The molecule has 114 valence electrons. The Hall–Kier alpha value is -1.26. The van der Waals surface area contributed by atoms with E-state index in [1.807, 2.05) is 0 Å². The molecule has 2 N–H and O–H groups in total. The van der Waals surface area contributed by atoms with E-state index >= 15 is 0 Å². The molecule has 0 bridgehead atoms. The maximum Gasteiger partial charge on any atom is 0.326 e. The smallest absolute Gasteiger partial charge is 0.326 e. The van der Waals surface area contributed by atoms with Crippen LogP contribution in [0.4, 0.5) is 4.79 Å². The topological polar surface area (TPSA) is 69.6 Å². The first kappa shape index (κ1) is 15.1. The second kappa shape index (κ2) is 7.50. The first-order chi connectivity index (χ1) is 9.68. The summed E-state index contributed by atoms with van der Waals surface area (Å²) in [6, 6.07) is -0.841. The monoisotopic (exact) mass is 282 g/mol. The van der Waals surface area contributed by atoms with Crippen LogP contribution in [0.3, 0.4) is 0 Å². The summed E-state index contributed by atoms with van der Waals surface area (Å²) in [5, 5.41) is 12.1. The lowest BCUT2D eigenvalue weighted by Crippen LogP contribution is -2.52. The van der Waals surface area contributed by atoms with Gasteiger partial charge in [-0.25, -0.2) is 9.59 Å². The average molecular weight is 282 g/mol. The number of carbonyl (C=O) groups is 2. The zero-order valence-corrected chi connectivity index (χ0v) is 12.1. The van der Waals surface area contributed by atoms with Crippen molar-refractivity contribution in [2.45, 2.75) is 63.8 Å². The quantitative estimate of drug-likeness (QED) is 0.832. The number of carbonyl (C=O) groups excluding carboxylic acids is 1. The van der Waals surface area contributed by atoms with E-state index in [1.165, 1.54) is 37.0 Å². The van der Waals surface area contributed by atoms with Crippen LogP contribution >= 0.6 is 0 Å². The minimum Gasteiger partial charge on any atom is -0.480 e. The average Bonchev–Trinajstić information content (AvgIpc) is 2.48. The van der Waals surface area contributed by atoms with Gasteiger partial charge in [0.25, 0.3) is 0 Å². The van der Waals surface area contributed by atoms with Crippen molar-refractivity contribution in [1.29, 1.82) is 0 Å². The van der Waals surface area contributed by atoms with Gasteiger partial charge < -0.3 is 15.3 Å². The van der Waals surface area contributed by atoms with Crippen molar-refractivity contribution in [2.75, 3.05) is 13.1 Å². The molecule has 0 aromatic carbocycles. The number of carboxylic acid groups (broad SMARTS) is 1. The third kappa shape index (κ3) is 4.12. The fraction of sp³-hybridized carbons (Fsp3) is 0.867. The highest BCUT2D eigenvalue weighted by atomic mass is 16.4. The molecule has 0 radical (unpaired) electrons. The molecular weight excluding hydrogens is 256 g/mol. The molecule has 20 heavy (non-hydrogen) atoms. The van der Waals surface area contributed by atoms with Gasteiger partial charge in [-0.1, -0.05) is 32.1 Å². The number of hydrogen-bond donors (Lipinski definition) is 2. The molecule has 0 spiro atoms. The zero-order chi connectivity index (χ0) is 14.4. The van der Waals surface area contributed by atoms with Gasteiger partial charge in [0.2, 0.25) is 0 Å². The largest absolute Gasteiger partial charge is 0.480 e. The Morgan fingerprint density at radius 3 is 2.45 bits per heavy atom. The van der Waals surface area contributed by atoms with Crippen LogP contribution in [0.15, 0.2) is 0 Å². The number of amides is 2. The highest BCUT2D eigenvalue weighted by molar-refractivity contribution is 5.82. The van der Waals surface area contributed by atoms with Gasteiger partial charge in [0.05, 0.1) is 0 Å². The van der Waals surface area contributed by atoms with Crippen molar-refractivity contribution in [1.82, 2.24) is 10.2 Å². The molecule has 1 atom stereocenters. The van der Waals surface area contributed by atoms with E-state index in [1.54, 1.807) is 0 Å². The molecule has 0 aromatic rings. The van der Waals surface area contributed by atoms with Gasteiger partial charge in [0, 0.05) is 13.1 Å². The summed E-state index contributed by atoms with van der Waals surface area (Å²) in [5.41, 5.74) is 0. The van der Waals surface area contributed by atoms with Gasteiger partial charge in [-0.2, -0.15) is 0 Å². The van der Waals surface area contributed by atoms with Crippen molar-refractivity contribution in [3.05, 3.63) is 0 Å². The van der Waals surface area contributed by atoms with Gasteiger partial charge in [0.1, 0.15) is 6.04 Å². The predicted molar refractivity (Wildman–Crippen MR) is 76.6 cm³/mol. The highest BCUT2D eigenvalue weighted by Crippen LogP contribution is 2.25. The van der Waals surface area contributed by atoms with Gasteiger partial charge in [0.15, 0.2) is 0 Å². The van der Waals surface area contributed by atoms with Crippen LogP contribution in [-0.4, -0.2) is 41.1 Å². The summed E-state index contributed by atoms with van der Waals surface area (Å²) in [6.07, 6.45) is 9.91. The van der Waals surface area contributed by atoms with Crippen LogP contribution in [0.25, 0.3) is 0 Å². The van der Waals surface area contributed by atoms with Crippen LogP contribution in [0.2, 0.25) is 0 Å². The SMILES string of the molecule is O=C(O)C1CCCCN1C(=O)NCCC1CCCCC1. The molecule has 2 rings (SSSR count). The Bertz CT molecular complexity index is 340. The van der Waals surface area contributed by atoms with E-state index in [4.69, 9.17) is 5.11 Å². The van der Waals surface area contributed by atoms with Crippen molar-refractivity contribution in [2.24, 2.45) is 5.92 Å². The molecule has 0 aromatic heterocycles. The number of urea groups is 1. The first-order valence-electron chi connectivity index (χ1n) is 7.96. The van der Waals surface area contributed by atoms with E-state index < -0.39 is 12.0 Å². The number of hydrogen-bond acceptors (Lipinski definition) is 2. The summed E-state index contributed by atoms with van der Waals surface area (Å²) in [4.78, 5) is 24.8. The van der Waals surface area contributed by atoms with E-state index in [-0.39, 0.29) is 6.03 Å². The second-order valence-electron chi connectivity index (χ2n) is 6.07. The first-order valence-corrected chi connectivity index (χ1v) is 7.96. The molecular formula is C15H26N2O3. The molecule has 1 aliphatic carbocycles. The van der Waals surface area contributed by atoms with Crippen molar-refractivity contribution >= 4 is 12.0 Å². The second-order valence-corrected chi connectivity index (χ2v) is 6.07. The molecule has 5 nitrogen and oxygen atoms in total. The number of piperidine rings is 1. The Balaban J connectivity index is 1.73. The minimum atomic E-state index is -0.882. The number of likely N-dealkylation sites (tertiary alicyclic amines) is 1. The summed E-state index contributed by atoms with van der Waals surface area (Å²) >= 11 is 0. The third-order valence-electron chi connectivity index (χ3n) is 4.60. The standard InChI is InChI=1S/C15H26N2O3/c18-14(19)13-8-4-5-11-17(13)15(20)16-10-9-12-6-2-1-3-7-12/h12-13H,1-11H2,(H,16,20)(H,18,19). The van der Waals surface area contributed by atoms with Crippen molar-refractivity contribution in [3.8, 4) is 0 Å². The molecule has 1 saturated carbocycles. The van der Waals surface area contributed by atoms with E-state index in [0.717, 1.165) is 25.2 Å². The van der Waals surface area contributed by atoms with Crippen molar-refractivity contribution in [3.63, 3.8) is 0 Å². The lowest BCUT2D eigenvalue weighted by Gasteiger charge is -2.33. The Labute approximate surface area is 120 Å². The van der Waals surface area contributed by atoms with Crippen LogP contribution in [-0.2, 0) is 4.79 Å². The highest BCUT2D eigenvalue weighted by Gasteiger charge is 2.31. The molecule has 1 aliphatic heterocycles. The number of aliphatic carboxylic acids is 1. The van der Waals surface area contributed by atoms with Crippen molar-refractivity contribution < 1.29 is 14.7 Å². The van der Waals surface area contributed by atoms with Gasteiger partial charge in [-0.3, -0.25) is 0 Å². The zero-order valence-electron chi connectivity index (χ0n) is 12.1. The Kier molecular flexibility index (Phi) is 5.68. The van der Waals surface area contributed by atoms with E-state index in [0.29, 0.717) is 19.5 Å². The minimum absolute atomic E-state index is 0.201. The van der Waals surface area contributed by atoms with Gasteiger partial charge >= 0.3 is 12.0 Å². The molecule has 2 fully saturated rings. The number of carboxylic acids is 1. The van der Waals surface area contributed by atoms with Gasteiger partial charge in [-0.15, -0.1) is 0 Å². The van der Waals surface area contributed by atoms with E-state index in [2.05, 4.69) is 5.32 Å². The van der Waals surface area contributed by atoms with Crippen LogP contribution in [0.1, 0.15) is 57.8 Å². The summed E-state index contributed by atoms with van der Waals surface area (Å²) in [5.74, 6) is -0.146. The molecule has 5 heteroatoms. The van der Waals surface area contributed by atoms with E-state index in [9.17, 15) is 9.59 Å². The maximum absolute atomic E-state index is 12.1. The lowest BCUT2D eigenvalue weighted by molar-refractivity contribution is -0.143.